The van der Waals surface area contributed by atoms with Crippen LogP contribution in [0.1, 0.15) is 17.3 Å². The Hall–Kier alpha value is -2.35. The minimum Gasteiger partial charge on any atom is -0.449 e. The van der Waals surface area contributed by atoms with E-state index in [4.69, 9.17) is 4.74 Å². The van der Waals surface area contributed by atoms with Gasteiger partial charge in [-0.1, -0.05) is 0 Å². The van der Waals surface area contributed by atoms with Gasteiger partial charge in [-0.25, -0.2) is 18.0 Å². The highest BCUT2D eigenvalue weighted by Gasteiger charge is 2.21. The van der Waals surface area contributed by atoms with E-state index in [1.54, 1.807) is 0 Å². The van der Waals surface area contributed by atoms with Crippen LogP contribution in [0.4, 0.5) is 18.9 Å². The molecule has 0 heterocycles. The fraction of sp³-hybridized carbons (Fsp3) is 0.125. The minimum atomic E-state index is -1.25. The maximum atomic E-state index is 13.5. The van der Waals surface area contributed by atoms with Gasteiger partial charge in [-0.15, -0.1) is 0 Å². The van der Waals surface area contributed by atoms with Crippen LogP contribution in [0.3, 0.4) is 0 Å². The van der Waals surface area contributed by atoms with Crippen molar-refractivity contribution in [3.63, 3.8) is 0 Å². The molecule has 0 aromatic heterocycles. The molecular formula is C16H11BrF3NO3. The Kier molecular flexibility index (Phi) is 5.61. The molecule has 0 fully saturated rings. The van der Waals surface area contributed by atoms with Gasteiger partial charge in [0.15, 0.2) is 6.10 Å². The van der Waals surface area contributed by atoms with Gasteiger partial charge in [0.25, 0.3) is 5.91 Å². The van der Waals surface area contributed by atoms with Gasteiger partial charge in [0, 0.05) is 10.5 Å². The summed E-state index contributed by atoms with van der Waals surface area (Å²) in [4.78, 5) is 23.9. The van der Waals surface area contributed by atoms with Crippen LogP contribution in [0.25, 0.3) is 0 Å². The third kappa shape index (κ3) is 4.35. The number of amides is 1. The number of esters is 1. The molecule has 8 heteroatoms. The molecule has 126 valence electrons. The van der Waals surface area contributed by atoms with Gasteiger partial charge in [-0.05, 0) is 53.2 Å². The highest BCUT2D eigenvalue weighted by molar-refractivity contribution is 9.10. The van der Waals surface area contributed by atoms with E-state index in [0.29, 0.717) is 6.07 Å². The van der Waals surface area contributed by atoms with Crippen LogP contribution in [0.2, 0.25) is 0 Å². The average molecular weight is 402 g/mol. The number of nitrogens with one attached hydrogen (secondary N) is 1. The predicted molar refractivity (Wildman–Crippen MR) is 84.0 cm³/mol. The number of halogens is 4. The maximum absolute atomic E-state index is 13.5. The highest BCUT2D eigenvalue weighted by atomic mass is 79.9. The Morgan fingerprint density at radius 2 is 1.71 bits per heavy atom. The molecule has 2 rings (SSSR count). The number of hydrogen-bond donors (Lipinski definition) is 1. The van der Waals surface area contributed by atoms with Gasteiger partial charge in [-0.3, -0.25) is 4.79 Å². The van der Waals surface area contributed by atoms with Gasteiger partial charge in [0.2, 0.25) is 0 Å². The monoisotopic (exact) mass is 401 g/mol. The van der Waals surface area contributed by atoms with Crippen molar-refractivity contribution in [3.8, 4) is 0 Å². The number of ether oxygens (including phenoxy) is 1. The number of hydrogen-bond acceptors (Lipinski definition) is 3. The normalized spacial score (nSPS) is 11.7. The van der Waals surface area contributed by atoms with E-state index in [1.165, 1.54) is 13.0 Å². The van der Waals surface area contributed by atoms with Crippen LogP contribution in [-0.2, 0) is 9.53 Å². The maximum Gasteiger partial charge on any atom is 0.340 e. The zero-order chi connectivity index (χ0) is 17.9. The van der Waals surface area contributed by atoms with Crippen LogP contribution in [0.15, 0.2) is 40.9 Å². The largest absolute Gasteiger partial charge is 0.449 e. The second-order valence-electron chi connectivity index (χ2n) is 4.79. The fourth-order valence-corrected chi connectivity index (χ4v) is 2.27. The van der Waals surface area contributed by atoms with Crippen molar-refractivity contribution in [2.75, 3.05) is 5.32 Å². The molecule has 0 saturated carbocycles. The van der Waals surface area contributed by atoms with Crippen molar-refractivity contribution in [1.82, 2.24) is 0 Å². The summed E-state index contributed by atoms with van der Waals surface area (Å²) >= 11 is 3.02. The first-order valence-corrected chi connectivity index (χ1v) is 7.49. The lowest BCUT2D eigenvalue weighted by Gasteiger charge is -2.14. The number of rotatable bonds is 4. The second-order valence-corrected chi connectivity index (χ2v) is 5.64. The molecule has 0 aliphatic heterocycles. The smallest absolute Gasteiger partial charge is 0.340 e. The fourth-order valence-electron chi connectivity index (χ4n) is 1.76. The number of carbonyl (C=O) groups is 2. The zero-order valence-corrected chi connectivity index (χ0v) is 13.9. The molecule has 0 unspecified atom stereocenters. The van der Waals surface area contributed by atoms with Gasteiger partial charge in [0.05, 0.1) is 11.3 Å². The molecule has 1 atom stereocenters. The summed E-state index contributed by atoms with van der Waals surface area (Å²) < 4.78 is 44.4. The standard InChI is InChI=1S/C16H11BrF3NO3/c1-8(15(22)21-14-5-3-10(19)7-13(14)20)24-16(23)11-4-2-9(18)6-12(11)17/h2-8H,1H3,(H,21,22)/t8-/m0/s1. The number of anilines is 1. The van der Waals surface area contributed by atoms with Gasteiger partial charge < -0.3 is 10.1 Å². The molecule has 4 nitrogen and oxygen atoms in total. The Morgan fingerprint density at radius 3 is 2.33 bits per heavy atom. The van der Waals surface area contributed by atoms with E-state index in [2.05, 4.69) is 21.2 Å². The van der Waals surface area contributed by atoms with Crippen molar-refractivity contribution in [3.05, 3.63) is 63.9 Å². The predicted octanol–water partition coefficient (Wildman–Crippen LogP) is 4.05. The first kappa shape index (κ1) is 18.0. The van der Waals surface area contributed by atoms with Crippen LogP contribution in [-0.4, -0.2) is 18.0 Å². The molecule has 2 aromatic rings. The van der Waals surface area contributed by atoms with E-state index >= 15 is 0 Å². The van der Waals surface area contributed by atoms with Gasteiger partial charge in [0.1, 0.15) is 17.5 Å². The lowest BCUT2D eigenvalue weighted by atomic mass is 10.2. The molecule has 24 heavy (non-hydrogen) atoms. The van der Waals surface area contributed by atoms with E-state index in [-0.39, 0.29) is 15.7 Å². The van der Waals surface area contributed by atoms with Crippen molar-refractivity contribution in [1.29, 1.82) is 0 Å². The third-order valence-electron chi connectivity index (χ3n) is 2.99. The van der Waals surface area contributed by atoms with Crippen LogP contribution in [0, 0.1) is 17.5 Å². The van der Waals surface area contributed by atoms with Crippen molar-refractivity contribution in [2.45, 2.75) is 13.0 Å². The average Bonchev–Trinajstić information content (AvgIpc) is 2.49. The van der Waals surface area contributed by atoms with Gasteiger partial charge >= 0.3 is 5.97 Å². The summed E-state index contributed by atoms with van der Waals surface area (Å²) in [6, 6.07) is 5.99. The lowest BCUT2D eigenvalue weighted by Crippen LogP contribution is -2.30. The van der Waals surface area contributed by atoms with Crippen molar-refractivity contribution in [2.24, 2.45) is 0 Å². The van der Waals surface area contributed by atoms with E-state index in [0.717, 1.165) is 24.3 Å². The first-order valence-electron chi connectivity index (χ1n) is 6.70. The molecule has 0 aliphatic rings. The summed E-state index contributed by atoms with van der Waals surface area (Å²) in [6.45, 7) is 1.28. The second kappa shape index (κ2) is 7.48. The quantitative estimate of drug-likeness (QED) is 0.786. The summed E-state index contributed by atoms with van der Waals surface area (Å²) in [5.74, 6) is -3.94. The Morgan fingerprint density at radius 1 is 1.08 bits per heavy atom. The molecule has 0 bridgehead atoms. The summed E-state index contributed by atoms with van der Waals surface area (Å²) in [7, 11) is 0. The number of benzene rings is 2. The molecule has 0 saturated heterocycles. The minimum absolute atomic E-state index is 0.0315. The Labute approximate surface area is 143 Å². The van der Waals surface area contributed by atoms with Crippen LogP contribution < -0.4 is 5.32 Å². The topological polar surface area (TPSA) is 55.4 Å². The zero-order valence-electron chi connectivity index (χ0n) is 12.3. The summed E-state index contributed by atoms with van der Waals surface area (Å²) in [5.41, 5.74) is -0.212. The molecule has 0 aliphatic carbocycles. The first-order chi connectivity index (χ1) is 11.3. The third-order valence-corrected chi connectivity index (χ3v) is 3.65. The number of carbonyl (C=O) groups excluding carboxylic acids is 2. The van der Waals surface area contributed by atoms with E-state index < -0.39 is 35.4 Å². The summed E-state index contributed by atoms with van der Waals surface area (Å²) in [5, 5.41) is 2.19. The molecule has 2 aromatic carbocycles. The SMILES string of the molecule is C[C@H](OC(=O)c1ccc(F)cc1Br)C(=O)Nc1ccc(F)cc1F. The lowest BCUT2D eigenvalue weighted by molar-refractivity contribution is -0.123. The van der Waals surface area contributed by atoms with E-state index in [9.17, 15) is 22.8 Å². The van der Waals surface area contributed by atoms with Crippen molar-refractivity contribution < 1.29 is 27.5 Å². The molecule has 1 N–H and O–H groups in total. The van der Waals surface area contributed by atoms with Gasteiger partial charge in [-0.2, -0.15) is 0 Å². The van der Waals surface area contributed by atoms with Crippen molar-refractivity contribution >= 4 is 33.5 Å². The highest BCUT2D eigenvalue weighted by Crippen LogP contribution is 2.20. The molecule has 0 spiro atoms. The molecule has 0 radical (unpaired) electrons. The van der Waals surface area contributed by atoms with Crippen LogP contribution >= 0.6 is 15.9 Å². The Bertz CT molecular complexity index is 798. The molecular weight excluding hydrogens is 391 g/mol. The molecule has 1 amide bonds. The summed E-state index contributed by atoms with van der Waals surface area (Å²) in [6.07, 6.45) is -1.25. The Balaban J connectivity index is 2.04. The van der Waals surface area contributed by atoms with E-state index in [1.807, 2.05) is 0 Å². The van der Waals surface area contributed by atoms with Crippen LogP contribution in [0.5, 0.6) is 0 Å².